The van der Waals surface area contributed by atoms with Crippen molar-refractivity contribution >= 4 is 70.5 Å². The predicted molar refractivity (Wildman–Crippen MR) is 199 cm³/mol. The lowest BCUT2D eigenvalue weighted by molar-refractivity contribution is 0.638. The Hall–Kier alpha value is -5.64. The molecule has 2 heterocycles. The maximum Gasteiger partial charge on any atom is 0.139 e. The van der Waals surface area contributed by atoms with Crippen molar-refractivity contribution in [3.63, 3.8) is 0 Å². The Morgan fingerprint density at radius 1 is 0.468 bits per heavy atom. The molecule has 1 aliphatic rings. The molecule has 2 aromatic heterocycles. The molecule has 0 spiro atoms. The Labute approximate surface area is 276 Å². The molecule has 1 aliphatic carbocycles. The number of para-hydroxylation sites is 2. The van der Waals surface area contributed by atoms with Gasteiger partial charge in [-0.3, -0.25) is 0 Å². The summed E-state index contributed by atoms with van der Waals surface area (Å²) in [5, 5.41) is 4.88. The zero-order valence-corrected chi connectivity index (χ0v) is 26.6. The highest BCUT2D eigenvalue weighted by Crippen LogP contribution is 2.54. The van der Waals surface area contributed by atoms with E-state index in [1.54, 1.807) is 0 Å². The van der Waals surface area contributed by atoms with Gasteiger partial charge in [-0.15, -0.1) is 11.3 Å². The molecule has 47 heavy (non-hydrogen) atoms. The smallest absolute Gasteiger partial charge is 0.139 e. The van der Waals surface area contributed by atoms with Crippen LogP contribution in [-0.2, 0) is 5.41 Å². The van der Waals surface area contributed by atoms with Crippen LogP contribution in [0.4, 0.5) is 17.1 Å². The molecule has 0 saturated heterocycles. The molecule has 10 rings (SSSR count). The van der Waals surface area contributed by atoms with E-state index in [1.165, 1.54) is 48.0 Å². The van der Waals surface area contributed by atoms with Crippen molar-refractivity contribution in [3.8, 4) is 11.1 Å². The van der Waals surface area contributed by atoms with Gasteiger partial charge in [-0.1, -0.05) is 109 Å². The van der Waals surface area contributed by atoms with Crippen molar-refractivity contribution in [2.24, 2.45) is 0 Å². The van der Waals surface area contributed by atoms with Crippen LogP contribution in [0, 0.1) is 0 Å². The van der Waals surface area contributed by atoms with Gasteiger partial charge in [-0.05, 0) is 71.6 Å². The maximum atomic E-state index is 6.94. The molecule has 0 radical (unpaired) electrons. The molecule has 0 unspecified atom stereocenters. The summed E-state index contributed by atoms with van der Waals surface area (Å²) >= 11 is 1.85. The lowest BCUT2D eigenvalue weighted by Gasteiger charge is -2.28. The van der Waals surface area contributed by atoms with E-state index in [1.807, 2.05) is 11.3 Å². The summed E-state index contributed by atoms with van der Waals surface area (Å²) < 4.78 is 9.53. The fourth-order valence-corrected chi connectivity index (χ4v) is 9.08. The Kier molecular flexibility index (Phi) is 5.61. The van der Waals surface area contributed by atoms with E-state index in [9.17, 15) is 0 Å². The van der Waals surface area contributed by atoms with Crippen molar-refractivity contribution in [3.05, 3.63) is 174 Å². The summed E-state index contributed by atoms with van der Waals surface area (Å²) in [6.07, 6.45) is 0. The van der Waals surface area contributed by atoms with Crippen LogP contribution < -0.4 is 4.90 Å². The Bertz CT molecular complexity index is 2620. The summed E-state index contributed by atoms with van der Waals surface area (Å²) in [6.45, 7) is 2.35. The predicted octanol–water partition coefficient (Wildman–Crippen LogP) is 12.8. The van der Waals surface area contributed by atoms with Crippen LogP contribution in [0.15, 0.2) is 162 Å². The van der Waals surface area contributed by atoms with Gasteiger partial charge in [0.15, 0.2) is 0 Å². The lowest BCUT2D eigenvalue weighted by atomic mass is 9.74. The van der Waals surface area contributed by atoms with Crippen LogP contribution in [0.2, 0.25) is 0 Å². The minimum absolute atomic E-state index is 0.334. The normalized spacial score (nSPS) is 13.4. The molecule has 9 aromatic rings. The molecule has 7 aromatic carbocycles. The van der Waals surface area contributed by atoms with Gasteiger partial charge in [0.25, 0.3) is 0 Å². The van der Waals surface area contributed by atoms with Gasteiger partial charge in [0.2, 0.25) is 0 Å². The van der Waals surface area contributed by atoms with Crippen LogP contribution in [0.3, 0.4) is 0 Å². The second-order valence-corrected chi connectivity index (χ2v) is 13.7. The molecule has 0 amide bonds. The summed E-state index contributed by atoms with van der Waals surface area (Å²) in [7, 11) is 0. The third-order valence-electron chi connectivity index (χ3n) is 10.1. The standard InChI is InChI=1S/C44H29NOS/c1-44(37-18-8-5-14-31(37)32-15-6-9-19-38(32)44)39-20-11-17-36-33-24-22-29(26-40(33)46-43(36)39)45(28-12-3-2-4-13-28)30-23-25-35-34-16-7-10-21-41(34)47-42(35)27-30/h2-27H,1H3. The SMILES string of the molecule is CC1(c2cccc3c2oc2cc(N(c4ccccc4)c4ccc5c(c4)sc4ccccc45)ccc23)c2ccccc2-c2ccccc21. The molecule has 2 nitrogen and oxygen atoms in total. The fraction of sp³-hybridized carbons (Fsp3) is 0.0455. The summed E-state index contributed by atoms with van der Waals surface area (Å²) in [6, 6.07) is 57.1. The van der Waals surface area contributed by atoms with E-state index < -0.39 is 0 Å². The quantitative estimate of drug-likeness (QED) is 0.195. The van der Waals surface area contributed by atoms with Crippen molar-refractivity contribution in [1.29, 1.82) is 0 Å². The number of thiophene rings is 1. The molecular weight excluding hydrogens is 591 g/mol. The van der Waals surface area contributed by atoms with Gasteiger partial charge < -0.3 is 9.32 Å². The summed E-state index contributed by atoms with van der Waals surface area (Å²) in [5.74, 6) is 0. The largest absolute Gasteiger partial charge is 0.456 e. The fourth-order valence-electron chi connectivity index (χ4n) is 7.94. The molecule has 0 bridgehead atoms. The Morgan fingerprint density at radius 3 is 1.85 bits per heavy atom. The van der Waals surface area contributed by atoms with Gasteiger partial charge in [0.05, 0.1) is 0 Å². The first-order valence-electron chi connectivity index (χ1n) is 16.1. The van der Waals surface area contributed by atoms with Crippen LogP contribution in [0.5, 0.6) is 0 Å². The first-order chi connectivity index (χ1) is 23.2. The van der Waals surface area contributed by atoms with Crippen molar-refractivity contribution in [2.45, 2.75) is 12.3 Å². The molecule has 0 fully saturated rings. The highest BCUT2D eigenvalue weighted by Gasteiger charge is 2.42. The monoisotopic (exact) mass is 619 g/mol. The molecule has 222 valence electrons. The zero-order chi connectivity index (χ0) is 31.1. The molecule has 0 N–H and O–H groups in total. The number of anilines is 3. The minimum Gasteiger partial charge on any atom is -0.456 e. The highest BCUT2D eigenvalue weighted by atomic mass is 32.1. The van der Waals surface area contributed by atoms with Gasteiger partial charge in [-0.25, -0.2) is 0 Å². The van der Waals surface area contributed by atoms with Gasteiger partial charge in [0.1, 0.15) is 11.2 Å². The van der Waals surface area contributed by atoms with Crippen molar-refractivity contribution in [2.75, 3.05) is 4.90 Å². The molecule has 0 atom stereocenters. The second-order valence-electron chi connectivity index (χ2n) is 12.6. The first-order valence-corrected chi connectivity index (χ1v) is 16.9. The van der Waals surface area contributed by atoms with Crippen molar-refractivity contribution < 1.29 is 4.42 Å². The van der Waals surface area contributed by atoms with Crippen LogP contribution in [0.1, 0.15) is 23.6 Å². The van der Waals surface area contributed by atoms with Crippen LogP contribution in [-0.4, -0.2) is 0 Å². The topological polar surface area (TPSA) is 16.4 Å². The second kappa shape index (κ2) is 9.93. The third kappa shape index (κ3) is 3.78. The lowest BCUT2D eigenvalue weighted by Crippen LogP contribution is -2.22. The summed E-state index contributed by atoms with van der Waals surface area (Å²) in [5.41, 5.74) is 11.2. The number of hydrogen-bond acceptors (Lipinski definition) is 3. The summed E-state index contributed by atoms with van der Waals surface area (Å²) in [4.78, 5) is 2.34. The average molecular weight is 620 g/mol. The molecule has 0 saturated carbocycles. The average Bonchev–Trinajstić information content (AvgIpc) is 3.77. The van der Waals surface area contributed by atoms with E-state index in [2.05, 4.69) is 170 Å². The number of hydrogen-bond donors (Lipinski definition) is 0. The van der Waals surface area contributed by atoms with Gasteiger partial charge in [0, 0.05) is 65.1 Å². The van der Waals surface area contributed by atoms with E-state index in [0.717, 1.165) is 39.0 Å². The van der Waals surface area contributed by atoms with Crippen molar-refractivity contribution in [1.82, 2.24) is 0 Å². The van der Waals surface area contributed by atoms with E-state index >= 15 is 0 Å². The van der Waals surface area contributed by atoms with Crippen LogP contribution in [0.25, 0.3) is 53.2 Å². The highest BCUT2D eigenvalue weighted by molar-refractivity contribution is 7.25. The van der Waals surface area contributed by atoms with E-state index in [4.69, 9.17) is 4.42 Å². The number of furan rings is 1. The molecular formula is C44H29NOS. The van der Waals surface area contributed by atoms with E-state index in [-0.39, 0.29) is 5.41 Å². The molecule has 3 heteroatoms. The third-order valence-corrected chi connectivity index (χ3v) is 11.3. The first kappa shape index (κ1) is 26.6. The van der Waals surface area contributed by atoms with Gasteiger partial charge in [-0.2, -0.15) is 0 Å². The number of rotatable bonds is 4. The van der Waals surface area contributed by atoms with Crippen LogP contribution >= 0.6 is 11.3 Å². The Morgan fingerprint density at radius 2 is 1.06 bits per heavy atom. The molecule has 0 aliphatic heterocycles. The van der Waals surface area contributed by atoms with E-state index in [0.29, 0.717) is 0 Å². The zero-order valence-electron chi connectivity index (χ0n) is 25.8. The number of benzene rings is 7. The minimum atomic E-state index is -0.334. The number of fused-ring (bicyclic) bond motifs is 9. The van der Waals surface area contributed by atoms with Gasteiger partial charge >= 0.3 is 0 Å². The number of nitrogens with zero attached hydrogens (tertiary/aromatic N) is 1. The maximum absolute atomic E-state index is 6.94. The Balaban J connectivity index is 1.17.